The van der Waals surface area contributed by atoms with Crippen LogP contribution in [0, 0.1) is 5.92 Å². The molecule has 1 fully saturated rings. The van der Waals surface area contributed by atoms with E-state index in [4.69, 9.17) is 15.5 Å². The van der Waals surface area contributed by atoms with Crippen molar-refractivity contribution < 1.29 is 19.1 Å². The van der Waals surface area contributed by atoms with Crippen molar-refractivity contribution in [3.05, 3.63) is 0 Å². The second-order valence-corrected chi connectivity index (χ2v) is 3.68. The summed E-state index contributed by atoms with van der Waals surface area (Å²) in [5.41, 5.74) is -1.12. The summed E-state index contributed by atoms with van der Waals surface area (Å²) < 4.78 is 9.61. The summed E-state index contributed by atoms with van der Waals surface area (Å²) in [6, 6.07) is 0. The molecule has 14 heavy (non-hydrogen) atoms. The van der Waals surface area contributed by atoms with Crippen LogP contribution in [0.15, 0.2) is 0 Å². The summed E-state index contributed by atoms with van der Waals surface area (Å²) >= 11 is 0. The Morgan fingerprint density at radius 1 is 1.50 bits per heavy atom. The van der Waals surface area contributed by atoms with Crippen LogP contribution in [0.3, 0.4) is 0 Å². The summed E-state index contributed by atoms with van der Waals surface area (Å²) in [4.78, 5) is 16.3. The topological polar surface area (TPSA) is 70.8 Å². The fraction of sp³-hybridized carbons (Fsp3) is 0.889. The predicted molar refractivity (Wildman–Crippen MR) is 49.2 cm³/mol. The summed E-state index contributed by atoms with van der Waals surface area (Å²) in [6.45, 7) is 0.132. The minimum Gasteiger partial charge on any atom is -0.467 e. The molecule has 0 aliphatic heterocycles. The van der Waals surface area contributed by atoms with Gasteiger partial charge in [-0.1, -0.05) is 12.8 Å². The number of methoxy groups -OCH3 is 2. The number of ether oxygens (including phenoxy) is 2. The molecule has 0 spiro atoms. The molecule has 0 amide bonds. The van der Waals surface area contributed by atoms with Crippen LogP contribution in [0.5, 0.6) is 0 Å². The van der Waals surface area contributed by atoms with E-state index >= 15 is 0 Å². The van der Waals surface area contributed by atoms with Crippen LogP contribution in [0.1, 0.15) is 19.3 Å². The summed E-state index contributed by atoms with van der Waals surface area (Å²) in [6.07, 6.45) is 2.81. The van der Waals surface area contributed by atoms with Gasteiger partial charge in [0.05, 0.1) is 13.7 Å². The van der Waals surface area contributed by atoms with E-state index in [0.29, 0.717) is 12.3 Å². The Morgan fingerprint density at radius 2 is 2.14 bits per heavy atom. The lowest BCUT2D eigenvalue weighted by Gasteiger charge is -2.27. The van der Waals surface area contributed by atoms with Crippen molar-refractivity contribution in [1.29, 1.82) is 0 Å². The van der Waals surface area contributed by atoms with E-state index < -0.39 is 11.6 Å². The van der Waals surface area contributed by atoms with E-state index in [0.717, 1.165) is 12.8 Å². The lowest BCUT2D eigenvalue weighted by atomic mass is 9.97. The van der Waals surface area contributed by atoms with Crippen molar-refractivity contribution >= 4 is 5.97 Å². The fourth-order valence-corrected chi connectivity index (χ4v) is 1.54. The molecule has 1 atom stereocenters. The fourth-order valence-electron chi connectivity index (χ4n) is 1.54. The Morgan fingerprint density at radius 3 is 2.50 bits per heavy atom. The molecule has 0 bridgehead atoms. The van der Waals surface area contributed by atoms with E-state index in [1.54, 1.807) is 0 Å². The first-order valence-corrected chi connectivity index (χ1v) is 4.64. The molecule has 5 heteroatoms. The van der Waals surface area contributed by atoms with Gasteiger partial charge in [0, 0.05) is 7.11 Å². The normalized spacial score (nSPS) is 20.2. The molecule has 0 aromatic carbocycles. The van der Waals surface area contributed by atoms with Gasteiger partial charge in [0.1, 0.15) is 0 Å². The molecule has 1 aliphatic rings. The Kier molecular flexibility index (Phi) is 3.86. The lowest BCUT2D eigenvalue weighted by molar-refractivity contribution is -0.180. The molecule has 2 N–H and O–H groups in total. The third kappa shape index (κ3) is 2.43. The Bertz CT molecular complexity index is 205. The first-order valence-electron chi connectivity index (χ1n) is 4.64. The molecule has 1 aliphatic carbocycles. The van der Waals surface area contributed by atoms with Crippen molar-refractivity contribution in [1.82, 2.24) is 0 Å². The van der Waals surface area contributed by atoms with Crippen LogP contribution in [0.2, 0.25) is 0 Å². The van der Waals surface area contributed by atoms with E-state index in [9.17, 15) is 4.79 Å². The number of carbonyl (C=O) groups excluding carboxylic acids is 1. The maximum Gasteiger partial charge on any atom is 0.342 e. The van der Waals surface area contributed by atoms with E-state index in [2.05, 4.69) is 4.74 Å². The first-order chi connectivity index (χ1) is 6.68. The number of rotatable bonds is 6. The van der Waals surface area contributed by atoms with Crippen molar-refractivity contribution in [2.75, 3.05) is 20.8 Å². The van der Waals surface area contributed by atoms with Gasteiger partial charge in [-0.15, -0.1) is 0 Å². The van der Waals surface area contributed by atoms with Crippen molar-refractivity contribution in [3.8, 4) is 0 Å². The maximum absolute atomic E-state index is 11.5. The molecular formula is C9H17NO4. The van der Waals surface area contributed by atoms with Crippen LogP contribution in [0.25, 0.3) is 0 Å². The molecule has 0 aromatic heterocycles. The molecule has 0 aromatic rings. The number of carbonyl (C=O) groups is 1. The standard InChI is InChI=1S/C9H17NO4/c1-12-6-9(14-10,8(11)13-2)5-7-3-4-7/h7H,3-6,10H2,1-2H3/t9-/m0/s1. The Balaban J connectivity index is 2.66. The van der Waals surface area contributed by atoms with Crippen LogP contribution < -0.4 is 5.90 Å². The van der Waals surface area contributed by atoms with Crippen molar-refractivity contribution in [2.24, 2.45) is 11.8 Å². The van der Waals surface area contributed by atoms with Crippen LogP contribution >= 0.6 is 0 Å². The average Bonchev–Trinajstić information content (AvgIpc) is 2.99. The smallest absolute Gasteiger partial charge is 0.342 e. The molecule has 0 radical (unpaired) electrons. The van der Waals surface area contributed by atoms with Gasteiger partial charge in [-0.3, -0.25) is 4.84 Å². The first kappa shape index (κ1) is 11.4. The van der Waals surface area contributed by atoms with Gasteiger partial charge >= 0.3 is 5.97 Å². The zero-order chi connectivity index (χ0) is 10.6. The van der Waals surface area contributed by atoms with Crippen molar-refractivity contribution in [2.45, 2.75) is 24.9 Å². The largest absolute Gasteiger partial charge is 0.467 e. The Hall–Kier alpha value is -0.650. The lowest BCUT2D eigenvalue weighted by Crippen LogP contribution is -2.49. The van der Waals surface area contributed by atoms with Crippen LogP contribution in [0.4, 0.5) is 0 Å². The quantitative estimate of drug-likeness (QED) is 0.494. The van der Waals surface area contributed by atoms with Crippen LogP contribution in [-0.4, -0.2) is 32.4 Å². The number of esters is 1. The van der Waals surface area contributed by atoms with Gasteiger partial charge in [-0.2, -0.15) is 0 Å². The van der Waals surface area contributed by atoms with Gasteiger partial charge in [-0.05, 0) is 12.3 Å². The third-order valence-electron chi connectivity index (χ3n) is 2.48. The molecule has 5 nitrogen and oxygen atoms in total. The number of nitrogens with two attached hydrogens (primary N) is 1. The SMILES string of the molecule is COC[C@](CC1CC1)(ON)C(=O)OC. The number of hydrogen-bond donors (Lipinski definition) is 1. The van der Waals surface area contributed by atoms with Crippen molar-refractivity contribution in [3.63, 3.8) is 0 Å². The zero-order valence-electron chi connectivity index (χ0n) is 8.62. The minimum absolute atomic E-state index is 0.132. The number of hydrogen-bond acceptors (Lipinski definition) is 5. The van der Waals surface area contributed by atoms with Gasteiger partial charge in [0.15, 0.2) is 0 Å². The van der Waals surface area contributed by atoms with Gasteiger partial charge in [0.2, 0.25) is 5.60 Å². The maximum atomic E-state index is 11.5. The highest BCUT2D eigenvalue weighted by atomic mass is 16.7. The van der Waals surface area contributed by atoms with Gasteiger partial charge in [0.25, 0.3) is 0 Å². The molecule has 1 rings (SSSR count). The molecule has 82 valence electrons. The second-order valence-electron chi connectivity index (χ2n) is 3.68. The van der Waals surface area contributed by atoms with Gasteiger partial charge < -0.3 is 9.47 Å². The molecule has 0 saturated heterocycles. The summed E-state index contributed by atoms with van der Waals surface area (Å²) in [7, 11) is 2.82. The van der Waals surface area contributed by atoms with E-state index in [1.807, 2.05) is 0 Å². The Labute approximate surface area is 83.4 Å². The van der Waals surface area contributed by atoms with Gasteiger partial charge in [-0.25, -0.2) is 10.7 Å². The molecule has 1 saturated carbocycles. The molecule has 0 unspecified atom stereocenters. The second kappa shape index (κ2) is 4.72. The highest BCUT2D eigenvalue weighted by Gasteiger charge is 2.45. The highest BCUT2D eigenvalue weighted by molar-refractivity contribution is 5.79. The monoisotopic (exact) mass is 203 g/mol. The third-order valence-corrected chi connectivity index (χ3v) is 2.48. The van der Waals surface area contributed by atoms with E-state index in [-0.39, 0.29) is 6.61 Å². The average molecular weight is 203 g/mol. The minimum atomic E-state index is -1.12. The summed E-state index contributed by atoms with van der Waals surface area (Å²) in [5.74, 6) is 5.21. The molecule has 0 heterocycles. The van der Waals surface area contributed by atoms with E-state index in [1.165, 1.54) is 14.2 Å². The summed E-state index contributed by atoms with van der Waals surface area (Å²) in [5, 5.41) is 0. The predicted octanol–water partition coefficient (Wildman–Crippen LogP) is 0.235. The zero-order valence-corrected chi connectivity index (χ0v) is 8.62. The highest BCUT2D eigenvalue weighted by Crippen LogP contribution is 2.38. The van der Waals surface area contributed by atoms with Crippen LogP contribution in [-0.2, 0) is 19.1 Å². The molecular weight excluding hydrogens is 186 g/mol.